The number of benzene rings is 2. The molecule has 1 aliphatic heterocycles. The number of anilines is 2. The Morgan fingerprint density at radius 2 is 1.68 bits per heavy atom. The van der Waals surface area contributed by atoms with Gasteiger partial charge in [-0.2, -0.15) is 4.98 Å². The van der Waals surface area contributed by atoms with Gasteiger partial charge >= 0.3 is 0 Å². The van der Waals surface area contributed by atoms with Crippen molar-refractivity contribution in [1.29, 1.82) is 0 Å². The Labute approximate surface area is 215 Å². The van der Waals surface area contributed by atoms with Crippen LogP contribution in [0.15, 0.2) is 54.6 Å². The zero-order valence-corrected chi connectivity index (χ0v) is 21.2. The molecule has 34 heavy (non-hydrogen) atoms. The number of halogens is 2. The molecule has 0 bridgehead atoms. The molecule has 0 amide bonds. The Bertz CT molecular complexity index is 1170. The molecular weight excluding hydrogens is 485 g/mol. The van der Waals surface area contributed by atoms with Crippen LogP contribution in [-0.2, 0) is 18.5 Å². The standard InChI is InChI=1S/C26H27Cl2N5S/c27-21-10-6-9-20(13-21)26(11-4-1-5-12-26)17-29-25(34)32-24-30-22(28)14-23(31-24)33-15-18-7-2-3-8-19(18)16-33/h2-3,6-10,13-14H,1,4-5,11-12,15-17H2,(H2,29,30,31,32,34). The average Bonchev–Trinajstić information content (AvgIpc) is 3.28. The van der Waals surface area contributed by atoms with Crippen LogP contribution in [0.2, 0.25) is 10.2 Å². The van der Waals surface area contributed by atoms with E-state index in [9.17, 15) is 0 Å². The monoisotopic (exact) mass is 511 g/mol. The quantitative estimate of drug-likeness (QED) is 0.301. The van der Waals surface area contributed by atoms with Crippen molar-refractivity contribution in [2.45, 2.75) is 50.6 Å². The van der Waals surface area contributed by atoms with E-state index >= 15 is 0 Å². The molecule has 8 heteroatoms. The summed E-state index contributed by atoms with van der Waals surface area (Å²) in [6, 6.07) is 18.4. The Hall–Kier alpha value is -2.41. The van der Waals surface area contributed by atoms with Gasteiger partial charge in [-0.1, -0.05) is 78.9 Å². The van der Waals surface area contributed by atoms with E-state index in [1.807, 2.05) is 12.1 Å². The molecule has 1 aliphatic carbocycles. The van der Waals surface area contributed by atoms with Crippen LogP contribution in [0, 0.1) is 0 Å². The van der Waals surface area contributed by atoms with Gasteiger partial charge in [0.05, 0.1) is 0 Å². The topological polar surface area (TPSA) is 53.1 Å². The summed E-state index contributed by atoms with van der Waals surface area (Å²) in [5.74, 6) is 1.18. The van der Waals surface area contributed by atoms with Gasteiger partial charge < -0.3 is 15.5 Å². The van der Waals surface area contributed by atoms with Crippen molar-refractivity contribution in [3.63, 3.8) is 0 Å². The molecule has 2 heterocycles. The molecule has 0 saturated heterocycles. The van der Waals surface area contributed by atoms with Gasteiger partial charge in [0.25, 0.3) is 0 Å². The number of aromatic nitrogens is 2. The summed E-state index contributed by atoms with van der Waals surface area (Å²) in [6.07, 6.45) is 5.89. The summed E-state index contributed by atoms with van der Waals surface area (Å²) in [7, 11) is 0. The molecule has 5 rings (SSSR count). The van der Waals surface area contributed by atoms with Crippen LogP contribution in [-0.4, -0.2) is 21.6 Å². The summed E-state index contributed by atoms with van der Waals surface area (Å²) in [6.45, 7) is 2.33. The molecule has 176 valence electrons. The van der Waals surface area contributed by atoms with E-state index in [1.165, 1.54) is 36.0 Å². The van der Waals surface area contributed by atoms with Crippen LogP contribution in [0.5, 0.6) is 0 Å². The number of thiocarbonyl (C=S) groups is 1. The summed E-state index contributed by atoms with van der Waals surface area (Å²) in [4.78, 5) is 11.2. The Morgan fingerprint density at radius 3 is 2.38 bits per heavy atom. The highest BCUT2D eigenvalue weighted by Gasteiger charge is 2.34. The first-order valence-electron chi connectivity index (χ1n) is 11.7. The van der Waals surface area contributed by atoms with Crippen molar-refractivity contribution < 1.29 is 0 Å². The lowest BCUT2D eigenvalue weighted by atomic mass is 9.69. The van der Waals surface area contributed by atoms with Crippen LogP contribution >= 0.6 is 35.4 Å². The van der Waals surface area contributed by atoms with Gasteiger partial charge in [0, 0.05) is 36.1 Å². The third-order valence-corrected chi connectivity index (χ3v) is 7.58. The molecule has 3 aromatic rings. The molecule has 0 unspecified atom stereocenters. The molecule has 1 fully saturated rings. The van der Waals surface area contributed by atoms with Gasteiger partial charge in [0.2, 0.25) is 5.95 Å². The number of fused-ring (bicyclic) bond motifs is 1. The third-order valence-electron chi connectivity index (χ3n) is 6.91. The lowest BCUT2D eigenvalue weighted by molar-refractivity contribution is 0.292. The molecule has 1 saturated carbocycles. The summed E-state index contributed by atoms with van der Waals surface area (Å²) < 4.78 is 0. The lowest BCUT2D eigenvalue weighted by Crippen LogP contribution is -2.43. The second-order valence-electron chi connectivity index (χ2n) is 9.16. The summed E-state index contributed by atoms with van der Waals surface area (Å²) >= 11 is 18.3. The van der Waals surface area contributed by atoms with Gasteiger partial charge in [0.1, 0.15) is 11.0 Å². The van der Waals surface area contributed by atoms with Crippen LogP contribution < -0.4 is 15.5 Å². The van der Waals surface area contributed by atoms with Gasteiger partial charge in [-0.05, 0) is 53.9 Å². The third kappa shape index (κ3) is 5.14. The highest BCUT2D eigenvalue weighted by molar-refractivity contribution is 7.80. The number of nitrogens with zero attached hydrogens (tertiary/aromatic N) is 3. The van der Waals surface area contributed by atoms with Gasteiger partial charge in [0.15, 0.2) is 5.11 Å². The smallest absolute Gasteiger partial charge is 0.232 e. The zero-order chi connectivity index (χ0) is 23.5. The minimum Gasteiger partial charge on any atom is -0.361 e. The van der Waals surface area contributed by atoms with E-state index in [0.717, 1.165) is 43.3 Å². The predicted octanol–water partition coefficient (Wildman–Crippen LogP) is 6.49. The minimum absolute atomic E-state index is 0.0105. The van der Waals surface area contributed by atoms with Gasteiger partial charge in [-0.15, -0.1) is 0 Å². The fourth-order valence-corrected chi connectivity index (χ4v) is 5.66. The van der Waals surface area contributed by atoms with E-state index in [1.54, 1.807) is 6.07 Å². The maximum atomic E-state index is 6.35. The molecule has 0 radical (unpaired) electrons. The maximum Gasteiger partial charge on any atom is 0.232 e. The number of nitrogens with one attached hydrogen (secondary N) is 2. The predicted molar refractivity (Wildman–Crippen MR) is 144 cm³/mol. The Balaban J connectivity index is 1.27. The van der Waals surface area contributed by atoms with E-state index in [2.05, 4.69) is 56.9 Å². The van der Waals surface area contributed by atoms with E-state index in [0.29, 0.717) is 16.2 Å². The van der Waals surface area contributed by atoms with E-state index in [-0.39, 0.29) is 5.41 Å². The summed E-state index contributed by atoms with van der Waals surface area (Å²) in [5.41, 5.74) is 3.90. The first kappa shape index (κ1) is 23.3. The largest absolute Gasteiger partial charge is 0.361 e. The molecule has 2 N–H and O–H groups in total. The van der Waals surface area contributed by atoms with Crippen LogP contribution in [0.3, 0.4) is 0 Å². The van der Waals surface area contributed by atoms with Crippen molar-refractivity contribution in [2.24, 2.45) is 0 Å². The van der Waals surface area contributed by atoms with E-state index in [4.69, 9.17) is 40.4 Å². The first-order chi connectivity index (χ1) is 16.5. The maximum absolute atomic E-state index is 6.35. The lowest BCUT2D eigenvalue weighted by Gasteiger charge is -2.38. The molecular formula is C26H27Cl2N5S. The molecule has 2 aromatic carbocycles. The minimum atomic E-state index is 0.0105. The van der Waals surface area contributed by atoms with Crippen molar-refractivity contribution >= 4 is 52.3 Å². The fraction of sp³-hybridized carbons (Fsp3) is 0.346. The van der Waals surface area contributed by atoms with Crippen LogP contribution in [0.4, 0.5) is 11.8 Å². The van der Waals surface area contributed by atoms with Crippen molar-refractivity contribution in [1.82, 2.24) is 15.3 Å². The fourth-order valence-electron chi connectivity index (χ4n) is 5.13. The number of hydrogen-bond donors (Lipinski definition) is 2. The Morgan fingerprint density at radius 1 is 0.941 bits per heavy atom. The molecule has 1 aromatic heterocycles. The number of rotatable bonds is 5. The summed E-state index contributed by atoms with van der Waals surface area (Å²) in [5, 5.41) is 8.22. The SMILES string of the molecule is S=C(NCC1(c2cccc(Cl)c2)CCCCC1)Nc1nc(Cl)cc(N2Cc3ccccc3C2)n1. The molecule has 0 spiro atoms. The first-order valence-corrected chi connectivity index (χ1v) is 12.8. The van der Waals surface area contributed by atoms with Crippen LogP contribution in [0.25, 0.3) is 0 Å². The molecule has 5 nitrogen and oxygen atoms in total. The number of hydrogen-bond acceptors (Lipinski definition) is 4. The van der Waals surface area contributed by atoms with Crippen LogP contribution in [0.1, 0.15) is 48.8 Å². The average molecular weight is 513 g/mol. The normalized spacial score (nSPS) is 16.7. The Kier molecular flexibility index (Phi) is 6.91. The van der Waals surface area contributed by atoms with E-state index < -0.39 is 0 Å². The second kappa shape index (κ2) is 10.1. The van der Waals surface area contributed by atoms with Crippen molar-refractivity contribution in [2.75, 3.05) is 16.8 Å². The second-order valence-corrected chi connectivity index (χ2v) is 10.4. The molecule has 0 atom stereocenters. The van der Waals surface area contributed by atoms with Gasteiger partial charge in [-0.3, -0.25) is 0 Å². The van der Waals surface area contributed by atoms with Crippen molar-refractivity contribution in [3.05, 3.63) is 81.5 Å². The van der Waals surface area contributed by atoms with Gasteiger partial charge in [-0.25, -0.2) is 4.98 Å². The molecule has 2 aliphatic rings. The van der Waals surface area contributed by atoms with Crippen molar-refractivity contribution in [3.8, 4) is 0 Å². The highest BCUT2D eigenvalue weighted by atomic mass is 35.5. The highest BCUT2D eigenvalue weighted by Crippen LogP contribution is 2.39. The zero-order valence-electron chi connectivity index (χ0n) is 18.9.